The molecule has 24 heavy (non-hydrogen) atoms. The fourth-order valence-electron chi connectivity index (χ4n) is 2.69. The highest BCUT2D eigenvalue weighted by Crippen LogP contribution is 2.26. The maximum atomic E-state index is 11.7. The second-order valence-electron chi connectivity index (χ2n) is 5.70. The van der Waals surface area contributed by atoms with E-state index in [0.29, 0.717) is 11.6 Å². The van der Waals surface area contributed by atoms with Crippen molar-refractivity contribution >= 4 is 17.8 Å². The number of nitro benzene ring substituents is 1. The summed E-state index contributed by atoms with van der Waals surface area (Å²) in [5.74, 6) is -0.0577. The van der Waals surface area contributed by atoms with Crippen LogP contribution in [0.15, 0.2) is 23.3 Å². The maximum Gasteiger partial charge on any atom is 0.311 e. The molecule has 0 spiro atoms. The van der Waals surface area contributed by atoms with Gasteiger partial charge in [-0.3, -0.25) is 14.9 Å². The van der Waals surface area contributed by atoms with Crippen LogP contribution < -0.4 is 15.5 Å². The Kier molecular flexibility index (Phi) is 6.68. The maximum absolute atomic E-state index is 11.7. The molecule has 0 saturated heterocycles. The first kappa shape index (κ1) is 17.9. The molecule has 0 atom stereocenters. The molecule has 130 valence electrons. The van der Waals surface area contributed by atoms with E-state index in [1.165, 1.54) is 44.7 Å². The largest absolute Gasteiger partial charge is 0.490 e. The predicted octanol–water partition coefficient (Wildman–Crippen LogP) is 1.98. The Morgan fingerprint density at radius 2 is 2.17 bits per heavy atom. The highest BCUT2D eigenvalue weighted by atomic mass is 16.6. The van der Waals surface area contributed by atoms with Crippen molar-refractivity contribution in [1.29, 1.82) is 0 Å². The molecule has 1 aromatic carbocycles. The van der Waals surface area contributed by atoms with Crippen LogP contribution in [0.4, 0.5) is 5.69 Å². The molecule has 2 rings (SSSR count). The zero-order valence-corrected chi connectivity index (χ0v) is 13.7. The molecule has 8 nitrogen and oxygen atoms in total. The Balaban J connectivity index is 1.83. The lowest BCUT2D eigenvalue weighted by molar-refractivity contribution is -0.385. The van der Waals surface area contributed by atoms with E-state index >= 15 is 0 Å². The molecule has 1 aliphatic rings. The van der Waals surface area contributed by atoms with Gasteiger partial charge >= 0.3 is 5.69 Å². The van der Waals surface area contributed by atoms with Gasteiger partial charge in [0.05, 0.1) is 24.8 Å². The van der Waals surface area contributed by atoms with Crippen molar-refractivity contribution in [2.75, 3.05) is 13.7 Å². The van der Waals surface area contributed by atoms with Gasteiger partial charge in [-0.2, -0.15) is 5.10 Å². The van der Waals surface area contributed by atoms with Gasteiger partial charge in [-0.15, -0.1) is 0 Å². The zero-order chi connectivity index (χ0) is 17.4. The van der Waals surface area contributed by atoms with E-state index in [1.54, 1.807) is 6.07 Å². The molecule has 8 heteroatoms. The lowest BCUT2D eigenvalue weighted by atomic mass is 9.95. The number of amides is 1. The summed E-state index contributed by atoms with van der Waals surface area (Å²) in [6.07, 6.45) is 7.24. The van der Waals surface area contributed by atoms with Crippen molar-refractivity contribution in [1.82, 2.24) is 10.7 Å². The summed E-state index contributed by atoms with van der Waals surface area (Å²) in [5, 5.41) is 18.0. The summed E-state index contributed by atoms with van der Waals surface area (Å²) in [4.78, 5) is 22.2. The summed E-state index contributed by atoms with van der Waals surface area (Å²) in [5.41, 5.74) is 2.77. The van der Waals surface area contributed by atoms with Gasteiger partial charge in [0.2, 0.25) is 0 Å². The van der Waals surface area contributed by atoms with Crippen LogP contribution in [0.1, 0.15) is 37.7 Å². The Morgan fingerprint density at radius 3 is 2.83 bits per heavy atom. The van der Waals surface area contributed by atoms with Crippen molar-refractivity contribution in [2.24, 2.45) is 5.10 Å². The minimum absolute atomic E-state index is 0.147. The van der Waals surface area contributed by atoms with Gasteiger partial charge in [0, 0.05) is 17.7 Å². The summed E-state index contributed by atoms with van der Waals surface area (Å²) in [6.45, 7) is 0.213. The van der Waals surface area contributed by atoms with Crippen molar-refractivity contribution in [3.8, 4) is 5.75 Å². The van der Waals surface area contributed by atoms with Gasteiger partial charge in [0.25, 0.3) is 5.91 Å². The molecule has 0 heterocycles. The van der Waals surface area contributed by atoms with Crippen LogP contribution in [0.2, 0.25) is 0 Å². The number of ether oxygens (including phenoxy) is 1. The number of carbonyl (C=O) groups is 1. The lowest BCUT2D eigenvalue weighted by Crippen LogP contribution is -2.38. The fraction of sp³-hybridized carbons (Fsp3) is 0.500. The predicted molar refractivity (Wildman–Crippen MR) is 90.3 cm³/mol. The molecular weight excluding hydrogens is 312 g/mol. The van der Waals surface area contributed by atoms with E-state index in [2.05, 4.69) is 15.8 Å². The van der Waals surface area contributed by atoms with Gasteiger partial charge in [0.15, 0.2) is 5.75 Å². The molecule has 0 bridgehead atoms. The van der Waals surface area contributed by atoms with E-state index in [0.717, 1.165) is 12.8 Å². The van der Waals surface area contributed by atoms with Gasteiger partial charge in [-0.1, -0.05) is 19.3 Å². The Labute approximate surface area is 140 Å². The van der Waals surface area contributed by atoms with Crippen molar-refractivity contribution < 1.29 is 14.5 Å². The third kappa shape index (κ3) is 5.31. The van der Waals surface area contributed by atoms with E-state index in [4.69, 9.17) is 4.74 Å². The second kappa shape index (κ2) is 8.97. The molecule has 1 amide bonds. The highest BCUT2D eigenvalue weighted by molar-refractivity contribution is 5.84. The molecule has 0 aromatic heterocycles. The van der Waals surface area contributed by atoms with Crippen LogP contribution in [-0.2, 0) is 4.79 Å². The number of rotatable bonds is 7. The molecule has 0 radical (unpaired) electrons. The van der Waals surface area contributed by atoms with Gasteiger partial charge in [-0.25, -0.2) is 5.43 Å². The van der Waals surface area contributed by atoms with Crippen LogP contribution in [0.5, 0.6) is 5.75 Å². The standard InChI is InChI=1S/C16H22N4O4/c1-24-15-8-7-12(9-14(15)20(22)23)10-18-19-16(21)11-17-13-5-3-2-4-6-13/h7-10,13,17H,2-6,11H2,1H3,(H,19,21)/b18-10-. The Morgan fingerprint density at radius 1 is 1.42 bits per heavy atom. The summed E-state index contributed by atoms with van der Waals surface area (Å²) < 4.78 is 4.93. The smallest absolute Gasteiger partial charge is 0.311 e. The minimum Gasteiger partial charge on any atom is -0.490 e. The van der Waals surface area contributed by atoms with E-state index in [1.807, 2.05) is 0 Å². The van der Waals surface area contributed by atoms with Crippen LogP contribution in [0.3, 0.4) is 0 Å². The Hall–Kier alpha value is -2.48. The normalized spacial score (nSPS) is 15.4. The average molecular weight is 334 g/mol. The number of nitrogens with one attached hydrogen (secondary N) is 2. The molecule has 1 aliphatic carbocycles. The molecule has 0 aliphatic heterocycles. The van der Waals surface area contributed by atoms with Gasteiger partial charge < -0.3 is 10.1 Å². The topological polar surface area (TPSA) is 106 Å². The molecule has 1 saturated carbocycles. The number of methoxy groups -OCH3 is 1. The summed E-state index contributed by atoms with van der Waals surface area (Å²) >= 11 is 0. The molecule has 1 aromatic rings. The van der Waals surface area contributed by atoms with Crippen LogP contribution in [-0.4, -0.2) is 36.7 Å². The monoisotopic (exact) mass is 334 g/mol. The van der Waals surface area contributed by atoms with E-state index in [9.17, 15) is 14.9 Å². The number of hydrogen-bond acceptors (Lipinski definition) is 6. The number of hydrogen-bond donors (Lipinski definition) is 2. The first-order valence-corrected chi connectivity index (χ1v) is 7.98. The average Bonchev–Trinajstić information content (AvgIpc) is 2.60. The Bertz CT molecular complexity index is 612. The highest BCUT2D eigenvalue weighted by Gasteiger charge is 2.15. The quantitative estimate of drug-likeness (QED) is 0.450. The molecule has 2 N–H and O–H groups in total. The molecule has 0 unspecified atom stereocenters. The fourth-order valence-corrected chi connectivity index (χ4v) is 2.69. The van der Waals surface area contributed by atoms with Crippen molar-refractivity contribution in [2.45, 2.75) is 38.1 Å². The van der Waals surface area contributed by atoms with Gasteiger partial charge in [0.1, 0.15) is 0 Å². The first-order valence-electron chi connectivity index (χ1n) is 7.98. The van der Waals surface area contributed by atoms with E-state index in [-0.39, 0.29) is 23.9 Å². The van der Waals surface area contributed by atoms with Gasteiger partial charge in [-0.05, 0) is 25.0 Å². The van der Waals surface area contributed by atoms with E-state index < -0.39 is 4.92 Å². The zero-order valence-electron chi connectivity index (χ0n) is 13.7. The van der Waals surface area contributed by atoms with Crippen molar-refractivity contribution in [3.63, 3.8) is 0 Å². The van der Waals surface area contributed by atoms with Crippen LogP contribution in [0.25, 0.3) is 0 Å². The number of carbonyl (C=O) groups excluding carboxylic acids is 1. The molecular formula is C16H22N4O4. The van der Waals surface area contributed by atoms with Crippen LogP contribution >= 0.6 is 0 Å². The number of nitro groups is 1. The first-order chi connectivity index (χ1) is 11.6. The lowest BCUT2D eigenvalue weighted by Gasteiger charge is -2.22. The third-order valence-electron chi connectivity index (χ3n) is 3.96. The molecule has 1 fully saturated rings. The summed E-state index contributed by atoms with van der Waals surface area (Å²) in [7, 11) is 1.37. The number of hydrazone groups is 1. The number of benzene rings is 1. The van der Waals surface area contributed by atoms with Crippen LogP contribution in [0, 0.1) is 10.1 Å². The number of nitrogens with zero attached hydrogens (tertiary/aromatic N) is 2. The summed E-state index contributed by atoms with van der Waals surface area (Å²) in [6, 6.07) is 4.86. The minimum atomic E-state index is -0.525. The van der Waals surface area contributed by atoms with Crippen molar-refractivity contribution in [3.05, 3.63) is 33.9 Å². The SMILES string of the molecule is COc1ccc(/C=N\NC(=O)CNC2CCCCC2)cc1[N+](=O)[O-]. The third-order valence-corrected chi connectivity index (χ3v) is 3.96. The second-order valence-corrected chi connectivity index (χ2v) is 5.70.